The van der Waals surface area contributed by atoms with Crippen LogP contribution in [0.4, 0.5) is 5.13 Å². The molecular formula is C15H18N2O2S. The van der Waals surface area contributed by atoms with Crippen LogP contribution in [0.5, 0.6) is 0 Å². The highest BCUT2D eigenvalue weighted by Gasteiger charge is 2.21. The van der Waals surface area contributed by atoms with Crippen LogP contribution in [0.1, 0.15) is 29.7 Å². The fourth-order valence-corrected chi connectivity index (χ4v) is 3.14. The van der Waals surface area contributed by atoms with Gasteiger partial charge in [0.25, 0.3) is 0 Å². The summed E-state index contributed by atoms with van der Waals surface area (Å²) in [5.74, 6) is -0.839. The number of rotatable bonds is 5. The van der Waals surface area contributed by atoms with Gasteiger partial charge in [0, 0.05) is 23.4 Å². The van der Waals surface area contributed by atoms with Crippen LogP contribution in [-0.2, 0) is 4.79 Å². The maximum absolute atomic E-state index is 10.9. The molecule has 0 radical (unpaired) electrons. The molecule has 0 aliphatic heterocycles. The zero-order valence-corrected chi connectivity index (χ0v) is 12.6. The van der Waals surface area contributed by atoms with E-state index < -0.39 is 5.97 Å². The Bertz CT molecular complexity index is 622. The minimum absolute atomic E-state index is 0.0540. The molecule has 106 valence electrons. The molecule has 0 bridgehead atoms. The molecule has 0 fully saturated rings. The number of nitrogens with one attached hydrogen (secondary N) is 1. The van der Waals surface area contributed by atoms with E-state index in [1.165, 1.54) is 11.3 Å². The van der Waals surface area contributed by atoms with Crippen molar-refractivity contribution in [2.45, 2.75) is 26.2 Å². The molecule has 5 heteroatoms. The van der Waals surface area contributed by atoms with Gasteiger partial charge in [0.15, 0.2) is 5.13 Å². The van der Waals surface area contributed by atoms with E-state index in [-0.39, 0.29) is 12.3 Å². The monoisotopic (exact) mass is 290 g/mol. The third-order valence-corrected chi connectivity index (χ3v) is 4.50. The number of thiazole rings is 1. The minimum Gasteiger partial charge on any atom is -0.481 e. The first-order chi connectivity index (χ1) is 9.52. The number of hydrogen-bond acceptors (Lipinski definition) is 4. The molecule has 0 saturated heterocycles. The van der Waals surface area contributed by atoms with Crippen LogP contribution < -0.4 is 5.32 Å². The second-order valence-corrected chi connectivity index (χ2v) is 5.83. The van der Waals surface area contributed by atoms with E-state index in [2.05, 4.69) is 10.3 Å². The average Bonchev–Trinajstić information content (AvgIpc) is 2.82. The van der Waals surface area contributed by atoms with Crippen molar-refractivity contribution in [2.75, 3.05) is 12.4 Å². The fraction of sp³-hybridized carbons (Fsp3) is 0.333. The number of carbonyl (C=O) groups is 1. The molecule has 0 spiro atoms. The van der Waals surface area contributed by atoms with E-state index >= 15 is 0 Å². The van der Waals surface area contributed by atoms with Crippen LogP contribution >= 0.6 is 11.3 Å². The first-order valence-corrected chi connectivity index (χ1v) is 7.30. The van der Waals surface area contributed by atoms with Gasteiger partial charge in [-0.25, -0.2) is 4.98 Å². The van der Waals surface area contributed by atoms with Gasteiger partial charge in [-0.1, -0.05) is 31.2 Å². The minimum atomic E-state index is -0.785. The molecule has 0 aliphatic rings. The highest BCUT2D eigenvalue weighted by atomic mass is 32.1. The molecular weight excluding hydrogens is 272 g/mol. The van der Waals surface area contributed by atoms with E-state index in [0.717, 1.165) is 26.8 Å². The normalized spacial score (nSPS) is 12.2. The fourth-order valence-electron chi connectivity index (χ4n) is 2.16. The highest BCUT2D eigenvalue weighted by molar-refractivity contribution is 7.16. The number of aryl methyl sites for hydroxylation is 1. The van der Waals surface area contributed by atoms with Crippen LogP contribution in [0.15, 0.2) is 24.3 Å². The van der Waals surface area contributed by atoms with E-state index in [1.54, 1.807) is 0 Å². The molecule has 2 rings (SSSR count). The number of carboxylic acid groups (broad SMARTS) is 1. The summed E-state index contributed by atoms with van der Waals surface area (Å²) in [6, 6.07) is 8.04. The molecule has 0 aliphatic carbocycles. The number of nitrogens with zero attached hydrogens (tertiary/aromatic N) is 1. The molecule has 2 N–H and O–H groups in total. The smallest absolute Gasteiger partial charge is 0.303 e. The summed E-state index contributed by atoms with van der Waals surface area (Å²) in [4.78, 5) is 16.6. The van der Waals surface area contributed by atoms with Crippen molar-refractivity contribution in [1.82, 2.24) is 4.98 Å². The first-order valence-electron chi connectivity index (χ1n) is 6.49. The van der Waals surface area contributed by atoms with E-state index in [0.29, 0.717) is 0 Å². The van der Waals surface area contributed by atoms with Gasteiger partial charge in [0.05, 0.1) is 12.1 Å². The molecule has 2 aromatic rings. The molecule has 1 unspecified atom stereocenters. The molecule has 1 atom stereocenters. The summed E-state index contributed by atoms with van der Waals surface area (Å²) < 4.78 is 0. The molecule has 0 saturated carbocycles. The van der Waals surface area contributed by atoms with Gasteiger partial charge in [-0.2, -0.15) is 0 Å². The van der Waals surface area contributed by atoms with Gasteiger partial charge in [-0.15, -0.1) is 11.3 Å². The van der Waals surface area contributed by atoms with Crippen LogP contribution in [0, 0.1) is 6.92 Å². The second-order valence-electron chi connectivity index (χ2n) is 4.80. The topological polar surface area (TPSA) is 62.2 Å². The Morgan fingerprint density at radius 2 is 2.15 bits per heavy atom. The largest absolute Gasteiger partial charge is 0.481 e. The van der Waals surface area contributed by atoms with Gasteiger partial charge in [0.1, 0.15) is 0 Å². The Balaban J connectivity index is 2.49. The van der Waals surface area contributed by atoms with Gasteiger partial charge in [-0.3, -0.25) is 4.79 Å². The lowest BCUT2D eigenvalue weighted by Gasteiger charge is -2.10. The predicted molar refractivity (Wildman–Crippen MR) is 82.5 cm³/mol. The Hall–Kier alpha value is -1.88. The van der Waals surface area contributed by atoms with Crippen LogP contribution in [0.2, 0.25) is 0 Å². The Kier molecular flexibility index (Phi) is 4.39. The summed E-state index contributed by atoms with van der Waals surface area (Å²) in [5.41, 5.74) is 3.10. The maximum Gasteiger partial charge on any atom is 0.303 e. The zero-order chi connectivity index (χ0) is 14.7. The molecule has 1 aromatic carbocycles. The van der Waals surface area contributed by atoms with E-state index in [9.17, 15) is 4.79 Å². The summed E-state index contributed by atoms with van der Waals surface area (Å²) in [5, 5.41) is 12.9. The van der Waals surface area contributed by atoms with Crippen molar-refractivity contribution in [2.24, 2.45) is 0 Å². The first kappa shape index (κ1) is 14.5. The standard InChI is InChI=1S/C15H18N2O2S/c1-9-6-4-5-7-11(9)13-14(10(2)8-12(18)19)20-15(16-3)17-13/h4-7,10H,8H2,1-3H3,(H,16,17)(H,18,19). The SMILES string of the molecule is CNc1nc(-c2ccccc2C)c(C(C)CC(=O)O)s1. The highest BCUT2D eigenvalue weighted by Crippen LogP contribution is 2.38. The number of aliphatic carboxylic acids is 1. The van der Waals surface area contributed by atoms with Gasteiger partial charge < -0.3 is 10.4 Å². The van der Waals surface area contributed by atoms with Crippen molar-refractivity contribution in [3.8, 4) is 11.3 Å². The summed E-state index contributed by atoms with van der Waals surface area (Å²) >= 11 is 1.53. The van der Waals surface area contributed by atoms with Crippen molar-refractivity contribution in [3.63, 3.8) is 0 Å². The number of carboxylic acids is 1. The number of anilines is 1. The predicted octanol–water partition coefficient (Wildman–Crippen LogP) is 3.74. The lowest BCUT2D eigenvalue weighted by molar-refractivity contribution is -0.137. The average molecular weight is 290 g/mol. The summed E-state index contributed by atoms with van der Waals surface area (Å²) in [6.07, 6.45) is 0.115. The second kappa shape index (κ2) is 6.05. The number of hydrogen-bond donors (Lipinski definition) is 2. The number of aromatic nitrogens is 1. The third-order valence-electron chi connectivity index (χ3n) is 3.20. The van der Waals surface area contributed by atoms with Crippen molar-refractivity contribution in [1.29, 1.82) is 0 Å². The Morgan fingerprint density at radius 3 is 2.75 bits per heavy atom. The number of benzene rings is 1. The molecule has 1 heterocycles. The molecule has 4 nitrogen and oxygen atoms in total. The lowest BCUT2D eigenvalue weighted by atomic mass is 9.98. The van der Waals surface area contributed by atoms with Gasteiger partial charge in [0.2, 0.25) is 0 Å². The van der Waals surface area contributed by atoms with Crippen LogP contribution in [0.3, 0.4) is 0 Å². The lowest BCUT2D eigenvalue weighted by Crippen LogP contribution is -2.02. The van der Waals surface area contributed by atoms with Crippen LogP contribution in [-0.4, -0.2) is 23.1 Å². The van der Waals surface area contributed by atoms with Gasteiger partial charge >= 0.3 is 5.97 Å². The van der Waals surface area contributed by atoms with Crippen molar-refractivity contribution < 1.29 is 9.90 Å². The molecule has 20 heavy (non-hydrogen) atoms. The van der Waals surface area contributed by atoms with Crippen LogP contribution in [0.25, 0.3) is 11.3 Å². The summed E-state index contributed by atoms with van der Waals surface area (Å²) in [7, 11) is 1.83. The maximum atomic E-state index is 10.9. The molecule has 1 aromatic heterocycles. The van der Waals surface area contributed by atoms with E-state index in [4.69, 9.17) is 5.11 Å². The van der Waals surface area contributed by atoms with Crippen molar-refractivity contribution in [3.05, 3.63) is 34.7 Å². The molecule has 0 amide bonds. The quantitative estimate of drug-likeness (QED) is 0.880. The third kappa shape index (κ3) is 2.99. The Morgan fingerprint density at radius 1 is 1.45 bits per heavy atom. The zero-order valence-electron chi connectivity index (χ0n) is 11.8. The Labute approximate surface area is 122 Å². The van der Waals surface area contributed by atoms with Crippen molar-refractivity contribution >= 4 is 22.4 Å². The summed E-state index contributed by atoms with van der Waals surface area (Å²) in [6.45, 7) is 3.97. The van der Waals surface area contributed by atoms with Gasteiger partial charge in [-0.05, 0) is 12.5 Å². The van der Waals surface area contributed by atoms with E-state index in [1.807, 2.05) is 45.2 Å².